The summed E-state index contributed by atoms with van der Waals surface area (Å²) in [4.78, 5) is 8.17. The number of alkyl halides is 1. The molecule has 6 nitrogen and oxygen atoms in total. The van der Waals surface area contributed by atoms with E-state index in [0.717, 1.165) is 62.1 Å². The Morgan fingerprint density at radius 2 is 1.34 bits per heavy atom. The van der Waals surface area contributed by atoms with E-state index >= 15 is 0 Å². The molecule has 4 aromatic carbocycles. The second kappa shape index (κ2) is 19.1. The van der Waals surface area contributed by atoms with Crippen molar-refractivity contribution in [1.29, 1.82) is 0 Å². The Bertz CT molecular complexity index is 2460. The van der Waals surface area contributed by atoms with Crippen LogP contribution in [0.5, 0.6) is 11.5 Å². The van der Waals surface area contributed by atoms with Gasteiger partial charge in [0.2, 0.25) is 0 Å². The van der Waals surface area contributed by atoms with Crippen LogP contribution in [0.2, 0.25) is 0 Å². The van der Waals surface area contributed by atoms with E-state index in [1.165, 1.54) is 62.5 Å². The molecule has 8 rings (SSSR count). The van der Waals surface area contributed by atoms with Crippen LogP contribution in [0.15, 0.2) is 101 Å². The highest BCUT2D eigenvalue weighted by Gasteiger charge is 2.15. The van der Waals surface area contributed by atoms with Crippen molar-refractivity contribution in [2.24, 2.45) is 0 Å². The number of aromatic amines is 1. The predicted octanol–water partition coefficient (Wildman–Crippen LogP) is 13.4. The summed E-state index contributed by atoms with van der Waals surface area (Å²) in [5.74, 6) is 2.78. The number of rotatable bonds is 12. The fourth-order valence-electron chi connectivity index (χ4n) is 6.00. The molecule has 0 radical (unpaired) electrons. The molecular formula is C42H45BrN4O2S4. The number of H-pyrrole nitrogens is 1. The van der Waals surface area contributed by atoms with Crippen LogP contribution in [0, 0.1) is 4.77 Å². The van der Waals surface area contributed by atoms with E-state index in [1.807, 2.05) is 47.4 Å². The Labute approximate surface area is 337 Å². The first-order valence-corrected chi connectivity index (χ1v) is 22.1. The van der Waals surface area contributed by atoms with Crippen molar-refractivity contribution >= 4 is 105 Å². The van der Waals surface area contributed by atoms with Crippen molar-refractivity contribution in [3.05, 3.63) is 112 Å². The van der Waals surface area contributed by atoms with Gasteiger partial charge in [0.1, 0.15) is 11.5 Å². The number of fused-ring (bicyclic) bond motifs is 4. The number of nitrogens with one attached hydrogen (secondary N) is 1. The summed E-state index contributed by atoms with van der Waals surface area (Å²) in [7, 11) is 3.37. The van der Waals surface area contributed by atoms with Gasteiger partial charge in [-0.15, -0.1) is 22.7 Å². The topological polar surface area (TPSA) is 57.0 Å². The van der Waals surface area contributed by atoms with Crippen molar-refractivity contribution in [3.8, 4) is 11.5 Å². The van der Waals surface area contributed by atoms with Gasteiger partial charge in [-0.3, -0.25) is 0 Å². The van der Waals surface area contributed by atoms with Crippen LogP contribution in [0.25, 0.3) is 42.2 Å². The molecular weight excluding hydrogens is 801 g/mol. The van der Waals surface area contributed by atoms with E-state index in [0.29, 0.717) is 0 Å². The van der Waals surface area contributed by atoms with Gasteiger partial charge in [0.15, 0.2) is 9.93 Å². The van der Waals surface area contributed by atoms with Crippen molar-refractivity contribution in [2.75, 3.05) is 25.3 Å². The average Bonchev–Trinajstić information content (AvgIpc) is 3.96. The van der Waals surface area contributed by atoms with E-state index in [1.54, 1.807) is 25.6 Å². The summed E-state index contributed by atoms with van der Waals surface area (Å²) in [6.07, 6.45) is 5.01. The smallest absolute Gasteiger partial charge is 0.178 e. The van der Waals surface area contributed by atoms with Crippen LogP contribution in [0.1, 0.15) is 50.7 Å². The lowest BCUT2D eigenvalue weighted by molar-refractivity contribution is 0.415. The highest BCUT2D eigenvalue weighted by molar-refractivity contribution is 9.09. The molecule has 4 heterocycles. The van der Waals surface area contributed by atoms with Gasteiger partial charge in [0.25, 0.3) is 0 Å². The van der Waals surface area contributed by atoms with Gasteiger partial charge in [-0.25, -0.2) is 4.98 Å². The standard InChI is InChI=1S/C21H22N2OS2.C17H14N2OS2.C4H9Br/c1-3-4-11-25-21-22-18-12-16(24-2)9-10-19(18)23(21)13-15-14-26-20-8-6-5-7-17(15)20;1-20-12-6-7-15-14(8-12)18-17(21)19(15)9-11-10-22-16-5-3-2-4-13(11)16;1-2-3-4-5/h5-10,12,14H,3-4,11,13H2,1-2H3;2-8,10H,9H2,1H3,(H,18,21);2-4H2,1H3. The largest absolute Gasteiger partial charge is 0.497 e. The zero-order chi connectivity index (χ0) is 37.2. The Hall–Kier alpha value is -3.61. The summed E-state index contributed by atoms with van der Waals surface area (Å²) in [6, 6.07) is 29.3. The minimum atomic E-state index is 0.735. The van der Waals surface area contributed by atoms with E-state index in [2.05, 4.69) is 115 Å². The van der Waals surface area contributed by atoms with Gasteiger partial charge in [0.05, 0.1) is 49.4 Å². The lowest BCUT2D eigenvalue weighted by atomic mass is 10.2. The third-order valence-corrected chi connectivity index (χ3v) is 12.9. The number of hydrogen-bond acceptors (Lipinski definition) is 7. The first-order valence-electron chi connectivity index (χ1n) is 17.9. The Morgan fingerprint density at radius 3 is 1.92 bits per heavy atom. The van der Waals surface area contributed by atoms with Gasteiger partial charge in [-0.1, -0.05) is 90.8 Å². The highest BCUT2D eigenvalue weighted by atomic mass is 79.9. The monoisotopic (exact) mass is 844 g/mol. The summed E-state index contributed by atoms with van der Waals surface area (Å²) in [6.45, 7) is 6.03. The molecule has 11 heteroatoms. The number of benzene rings is 4. The van der Waals surface area contributed by atoms with Crippen molar-refractivity contribution in [3.63, 3.8) is 0 Å². The second-order valence-electron chi connectivity index (χ2n) is 12.5. The van der Waals surface area contributed by atoms with Crippen LogP contribution >= 0.6 is 62.6 Å². The van der Waals surface area contributed by atoms with Crippen molar-refractivity contribution < 1.29 is 9.47 Å². The first kappa shape index (κ1) is 39.1. The molecule has 4 aromatic heterocycles. The second-order valence-corrected chi connectivity index (χ2v) is 16.6. The predicted molar refractivity (Wildman–Crippen MR) is 236 cm³/mol. The average molecular weight is 846 g/mol. The van der Waals surface area contributed by atoms with Gasteiger partial charge >= 0.3 is 0 Å². The number of ether oxygens (including phenoxy) is 2. The van der Waals surface area contributed by atoms with Crippen LogP contribution in [-0.2, 0) is 13.1 Å². The van der Waals surface area contributed by atoms with Crippen LogP contribution in [0.4, 0.5) is 0 Å². The molecule has 0 saturated carbocycles. The van der Waals surface area contributed by atoms with E-state index < -0.39 is 0 Å². The Balaban J connectivity index is 0.000000163. The molecule has 0 aliphatic carbocycles. The van der Waals surface area contributed by atoms with Gasteiger partial charge in [-0.2, -0.15) is 0 Å². The zero-order valence-electron chi connectivity index (χ0n) is 30.6. The quantitative estimate of drug-likeness (QED) is 0.0574. The highest BCUT2D eigenvalue weighted by Crippen LogP contribution is 2.32. The Kier molecular flexibility index (Phi) is 14.1. The number of methoxy groups -OCH3 is 2. The summed E-state index contributed by atoms with van der Waals surface area (Å²) in [5, 5.41) is 9.39. The number of aromatic nitrogens is 4. The number of nitrogens with zero attached hydrogens (tertiary/aromatic N) is 3. The van der Waals surface area contributed by atoms with Gasteiger partial charge in [-0.05, 0) is 94.1 Å². The zero-order valence-corrected chi connectivity index (χ0v) is 35.4. The maximum absolute atomic E-state index is 5.50. The normalized spacial score (nSPS) is 11.1. The van der Waals surface area contributed by atoms with E-state index in [-0.39, 0.29) is 0 Å². The molecule has 8 aromatic rings. The minimum Gasteiger partial charge on any atom is -0.497 e. The fourth-order valence-corrected chi connectivity index (χ4v) is 9.84. The van der Waals surface area contributed by atoms with Crippen LogP contribution in [-0.4, -0.2) is 44.4 Å². The third kappa shape index (κ3) is 9.38. The molecule has 0 spiro atoms. The molecule has 0 aliphatic heterocycles. The first-order chi connectivity index (χ1) is 26.0. The molecule has 53 heavy (non-hydrogen) atoms. The number of imidazole rings is 2. The van der Waals surface area contributed by atoms with Crippen molar-refractivity contribution in [2.45, 2.75) is 57.8 Å². The van der Waals surface area contributed by atoms with E-state index in [9.17, 15) is 0 Å². The van der Waals surface area contributed by atoms with E-state index in [4.69, 9.17) is 26.7 Å². The number of unbranched alkanes of at least 4 members (excludes halogenated alkanes) is 2. The Morgan fingerprint density at radius 1 is 0.755 bits per heavy atom. The molecule has 0 bridgehead atoms. The van der Waals surface area contributed by atoms with Gasteiger partial charge < -0.3 is 23.6 Å². The van der Waals surface area contributed by atoms with Gasteiger partial charge in [0, 0.05) is 32.6 Å². The molecule has 0 unspecified atom stereocenters. The molecule has 276 valence electrons. The number of hydrogen-bond donors (Lipinski definition) is 1. The maximum Gasteiger partial charge on any atom is 0.178 e. The van der Waals surface area contributed by atoms with Crippen LogP contribution in [0.3, 0.4) is 0 Å². The molecule has 0 aliphatic rings. The lowest BCUT2D eigenvalue weighted by Crippen LogP contribution is -2.01. The molecule has 0 atom stereocenters. The fraction of sp³-hybridized carbons (Fsp3) is 0.286. The number of thioether (sulfide) groups is 1. The summed E-state index contributed by atoms with van der Waals surface area (Å²) >= 11 is 14.2. The molecule has 0 amide bonds. The van der Waals surface area contributed by atoms with Crippen molar-refractivity contribution in [1.82, 2.24) is 19.1 Å². The SMILES string of the molecule is CCCCBr.CCCCSc1nc2cc(OC)ccc2n1Cc1csc2ccccc12.COc1ccc2c(c1)[nH]c(=S)n2Cc1csc2ccccc12. The third-order valence-electron chi connectivity index (χ3n) is 8.90. The maximum atomic E-state index is 5.50. The number of halogens is 1. The molecule has 1 N–H and O–H groups in total. The van der Waals surface area contributed by atoms with Crippen LogP contribution < -0.4 is 9.47 Å². The summed E-state index contributed by atoms with van der Waals surface area (Å²) in [5.41, 5.74) is 6.93. The molecule has 0 fully saturated rings. The summed E-state index contributed by atoms with van der Waals surface area (Å²) < 4.78 is 18.5. The molecule has 0 saturated heterocycles. The lowest BCUT2D eigenvalue weighted by Gasteiger charge is -2.09. The number of thiophene rings is 2. The minimum absolute atomic E-state index is 0.735.